The summed E-state index contributed by atoms with van der Waals surface area (Å²) in [5.41, 5.74) is 3.90. The minimum atomic E-state index is -3.26. The van der Waals surface area contributed by atoms with Gasteiger partial charge in [-0.3, -0.25) is 4.79 Å². The van der Waals surface area contributed by atoms with E-state index in [4.69, 9.17) is 4.74 Å². The Hall–Kier alpha value is -3.13. The van der Waals surface area contributed by atoms with Gasteiger partial charge in [0.05, 0.1) is 22.9 Å². The van der Waals surface area contributed by atoms with Crippen LogP contribution < -0.4 is 10.1 Å². The zero-order valence-corrected chi connectivity index (χ0v) is 17.9. The van der Waals surface area contributed by atoms with Crippen molar-refractivity contribution >= 4 is 21.6 Å². The average molecular weight is 426 g/mol. The van der Waals surface area contributed by atoms with Crippen LogP contribution >= 0.6 is 0 Å². The van der Waals surface area contributed by atoms with Crippen LogP contribution in [0.1, 0.15) is 29.3 Å². The molecule has 0 saturated carbocycles. The lowest BCUT2D eigenvalue weighted by Crippen LogP contribution is -2.31. The van der Waals surface area contributed by atoms with E-state index in [9.17, 15) is 13.2 Å². The van der Waals surface area contributed by atoms with E-state index in [0.717, 1.165) is 16.8 Å². The summed E-state index contributed by atoms with van der Waals surface area (Å²) in [6.45, 7) is 5.62. The number of amides is 1. The highest BCUT2D eigenvalue weighted by Gasteiger charge is 2.34. The third-order valence-electron chi connectivity index (χ3n) is 5.26. The predicted molar refractivity (Wildman–Crippen MR) is 115 cm³/mol. The summed E-state index contributed by atoms with van der Waals surface area (Å²) in [4.78, 5) is 12.9. The van der Waals surface area contributed by atoms with Gasteiger partial charge in [-0.15, -0.1) is 0 Å². The van der Waals surface area contributed by atoms with Crippen LogP contribution in [0.2, 0.25) is 0 Å². The molecule has 3 aromatic rings. The van der Waals surface area contributed by atoms with Crippen molar-refractivity contribution < 1.29 is 17.9 Å². The van der Waals surface area contributed by atoms with Crippen molar-refractivity contribution in [3.05, 3.63) is 70.9 Å². The Bertz CT molecular complexity index is 1220. The number of carbonyl (C=O) groups excluding carboxylic acids is 1. The number of sulfone groups is 1. The second kappa shape index (κ2) is 7.60. The molecule has 0 spiro atoms. The molecule has 1 aliphatic heterocycles. The highest BCUT2D eigenvalue weighted by molar-refractivity contribution is 7.90. The standard InChI is InChI=1S/C22H23N3O4S/c1-14-8-7-11-20(15(14)2)25-21(18-12-30(27,28)13-19(18)24-25)23-22(26)16(3)29-17-9-5-4-6-10-17/h4-11,16H,12-13H2,1-3H3,(H,23,26)/t16-/m0/s1. The quantitative estimate of drug-likeness (QED) is 0.677. The summed E-state index contributed by atoms with van der Waals surface area (Å²) in [6.07, 6.45) is -0.775. The number of aryl methyl sites for hydroxylation is 1. The first kappa shape index (κ1) is 20.2. The average Bonchev–Trinajstić information content (AvgIpc) is 3.17. The van der Waals surface area contributed by atoms with Gasteiger partial charge >= 0.3 is 0 Å². The summed E-state index contributed by atoms with van der Waals surface area (Å²) >= 11 is 0. The summed E-state index contributed by atoms with van der Waals surface area (Å²) < 4.78 is 31.6. The van der Waals surface area contributed by atoms with Crippen LogP contribution in [0.25, 0.3) is 5.69 Å². The van der Waals surface area contributed by atoms with E-state index < -0.39 is 15.9 Å². The molecule has 0 unspecified atom stereocenters. The highest BCUT2D eigenvalue weighted by Crippen LogP contribution is 2.34. The van der Waals surface area contributed by atoms with Crippen LogP contribution in [-0.2, 0) is 26.1 Å². The monoisotopic (exact) mass is 425 g/mol. The lowest BCUT2D eigenvalue weighted by molar-refractivity contribution is -0.122. The van der Waals surface area contributed by atoms with Crippen LogP contribution in [-0.4, -0.2) is 30.2 Å². The molecule has 0 radical (unpaired) electrons. The number of anilines is 1. The van der Waals surface area contributed by atoms with Gasteiger partial charge in [0.25, 0.3) is 5.91 Å². The maximum atomic E-state index is 12.9. The van der Waals surface area contributed by atoms with Crippen molar-refractivity contribution in [2.75, 3.05) is 5.32 Å². The number of hydrogen-bond donors (Lipinski definition) is 1. The number of ether oxygens (including phenoxy) is 1. The van der Waals surface area contributed by atoms with Crippen molar-refractivity contribution in [1.82, 2.24) is 9.78 Å². The smallest absolute Gasteiger partial charge is 0.266 e. The third-order valence-corrected chi connectivity index (χ3v) is 6.70. The van der Waals surface area contributed by atoms with Crippen molar-refractivity contribution in [2.45, 2.75) is 38.4 Å². The molecule has 1 aliphatic rings. The molecule has 1 atom stereocenters. The number of rotatable bonds is 5. The predicted octanol–water partition coefficient (Wildman–Crippen LogP) is 3.32. The lowest BCUT2D eigenvalue weighted by atomic mass is 10.1. The van der Waals surface area contributed by atoms with Crippen LogP contribution in [0, 0.1) is 13.8 Å². The fourth-order valence-corrected chi connectivity index (χ4v) is 4.98. The van der Waals surface area contributed by atoms with Crippen molar-refractivity contribution in [1.29, 1.82) is 0 Å². The number of para-hydroxylation sites is 1. The topological polar surface area (TPSA) is 90.3 Å². The number of carbonyl (C=O) groups is 1. The second-order valence-electron chi connectivity index (χ2n) is 7.50. The number of benzene rings is 2. The van der Waals surface area contributed by atoms with E-state index in [2.05, 4.69) is 10.4 Å². The minimum absolute atomic E-state index is 0.126. The van der Waals surface area contributed by atoms with E-state index in [1.54, 1.807) is 23.7 Å². The lowest BCUT2D eigenvalue weighted by Gasteiger charge is -2.17. The minimum Gasteiger partial charge on any atom is -0.481 e. The Kier molecular flexibility index (Phi) is 5.11. The summed E-state index contributed by atoms with van der Waals surface area (Å²) in [6, 6.07) is 14.9. The summed E-state index contributed by atoms with van der Waals surface area (Å²) in [5.74, 6) is 0.317. The molecule has 0 saturated heterocycles. The molecule has 4 rings (SSSR count). The summed E-state index contributed by atoms with van der Waals surface area (Å²) in [7, 11) is -3.26. The van der Waals surface area contributed by atoms with Gasteiger partial charge in [0.2, 0.25) is 0 Å². The number of hydrogen-bond acceptors (Lipinski definition) is 5. The number of nitrogens with zero attached hydrogens (tertiary/aromatic N) is 2. The normalized spacial score (nSPS) is 15.4. The molecular formula is C22H23N3O4S. The molecule has 2 heterocycles. The Labute approximate surface area is 175 Å². The molecule has 0 fully saturated rings. The number of fused-ring (bicyclic) bond motifs is 1. The van der Waals surface area contributed by atoms with E-state index in [0.29, 0.717) is 22.8 Å². The Morgan fingerprint density at radius 2 is 1.83 bits per heavy atom. The molecule has 1 amide bonds. The van der Waals surface area contributed by atoms with E-state index >= 15 is 0 Å². The first-order valence-electron chi connectivity index (χ1n) is 9.65. The van der Waals surface area contributed by atoms with Crippen molar-refractivity contribution in [3.8, 4) is 11.4 Å². The van der Waals surface area contributed by atoms with E-state index in [1.165, 1.54) is 0 Å². The zero-order chi connectivity index (χ0) is 21.5. The number of aromatic nitrogens is 2. The van der Waals surface area contributed by atoms with E-state index in [-0.39, 0.29) is 17.4 Å². The molecule has 0 bridgehead atoms. The van der Waals surface area contributed by atoms with Crippen LogP contribution in [0.15, 0.2) is 48.5 Å². The molecule has 2 aromatic carbocycles. The Balaban J connectivity index is 1.69. The first-order valence-corrected chi connectivity index (χ1v) is 11.5. The molecule has 156 valence electrons. The first-order chi connectivity index (χ1) is 14.2. The van der Waals surface area contributed by atoms with Crippen molar-refractivity contribution in [3.63, 3.8) is 0 Å². The van der Waals surface area contributed by atoms with Gasteiger partial charge in [0.1, 0.15) is 11.6 Å². The van der Waals surface area contributed by atoms with Gasteiger partial charge in [0.15, 0.2) is 15.9 Å². The molecule has 1 aromatic heterocycles. The van der Waals surface area contributed by atoms with Crippen LogP contribution in [0.5, 0.6) is 5.75 Å². The molecule has 1 N–H and O–H groups in total. The second-order valence-corrected chi connectivity index (χ2v) is 9.56. The third kappa shape index (κ3) is 3.82. The SMILES string of the molecule is Cc1cccc(-n2nc3c(c2NC(=O)[C@H](C)Oc2ccccc2)CS(=O)(=O)C3)c1C. The van der Waals surface area contributed by atoms with Gasteiger partial charge in [-0.1, -0.05) is 30.3 Å². The highest BCUT2D eigenvalue weighted by atomic mass is 32.2. The number of nitrogens with one attached hydrogen (secondary N) is 1. The molecule has 30 heavy (non-hydrogen) atoms. The van der Waals surface area contributed by atoms with E-state index in [1.807, 2.05) is 50.2 Å². The van der Waals surface area contributed by atoms with Crippen LogP contribution in [0.4, 0.5) is 5.82 Å². The maximum absolute atomic E-state index is 12.9. The van der Waals surface area contributed by atoms with Gasteiger partial charge < -0.3 is 10.1 Å². The maximum Gasteiger partial charge on any atom is 0.266 e. The largest absolute Gasteiger partial charge is 0.481 e. The van der Waals surface area contributed by atoms with Crippen LogP contribution in [0.3, 0.4) is 0 Å². The fraction of sp³-hybridized carbons (Fsp3) is 0.273. The fourth-order valence-electron chi connectivity index (χ4n) is 3.49. The van der Waals surface area contributed by atoms with Gasteiger partial charge in [-0.25, -0.2) is 13.1 Å². The molecule has 8 heteroatoms. The summed E-state index contributed by atoms with van der Waals surface area (Å²) in [5, 5.41) is 7.40. The van der Waals surface area contributed by atoms with Gasteiger partial charge in [0, 0.05) is 5.56 Å². The Morgan fingerprint density at radius 1 is 1.10 bits per heavy atom. The molecular weight excluding hydrogens is 402 g/mol. The van der Waals surface area contributed by atoms with Gasteiger partial charge in [-0.05, 0) is 50.1 Å². The van der Waals surface area contributed by atoms with Gasteiger partial charge in [-0.2, -0.15) is 5.10 Å². The molecule has 0 aliphatic carbocycles. The Morgan fingerprint density at radius 3 is 2.57 bits per heavy atom. The zero-order valence-electron chi connectivity index (χ0n) is 17.0. The molecule has 7 nitrogen and oxygen atoms in total. The van der Waals surface area contributed by atoms with Crippen molar-refractivity contribution in [2.24, 2.45) is 0 Å².